The Morgan fingerprint density at radius 2 is 1.89 bits per heavy atom. The monoisotopic (exact) mass is 478 g/mol. The van der Waals surface area contributed by atoms with Crippen molar-refractivity contribution < 1.29 is 13.6 Å². The Balaban J connectivity index is 1.43. The lowest BCUT2D eigenvalue weighted by Gasteiger charge is -2.27. The average molecular weight is 479 g/mol. The van der Waals surface area contributed by atoms with Gasteiger partial charge in [-0.25, -0.2) is 28.7 Å². The number of piperazine rings is 1. The van der Waals surface area contributed by atoms with Crippen LogP contribution in [-0.4, -0.2) is 61.5 Å². The van der Waals surface area contributed by atoms with Crippen LogP contribution in [0, 0.1) is 11.6 Å². The first kappa shape index (κ1) is 22.8. The fraction of sp³-hybridized carbons (Fsp3) is 0.292. The van der Waals surface area contributed by atoms with Crippen LogP contribution in [-0.2, 0) is 0 Å². The average Bonchev–Trinajstić information content (AvgIpc) is 3.24. The number of nitrogens with one attached hydrogen (secondary N) is 2. The molecule has 9 nitrogen and oxygen atoms in total. The van der Waals surface area contributed by atoms with Gasteiger partial charge in [0.25, 0.3) is 5.91 Å². The second kappa shape index (κ2) is 9.34. The van der Waals surface area contributed by atoms with Crippen molar-refractivity contribution in [3.63, 3.8) is 0 Å². The lowest BCUT2D eigenvalue weighted by molar-refractivity contribution is 0.0735. The number of nitrogens with zero attached hydrogens (tertiary/aromatic N) is 6. The van der Waals surface area contributed by atoms with Gasteiger partial charge in [0.15, 0.2) is 5.82 Å². The number of hydrogen-bond donors (Lipinski definition) is 2. The highest BCUT2D eigenvalue weighted by Crippen LogP contribution is 2.33. The van der Waals surface area contributed by atoms with E-state index < -0.39 is 11.6 Å². The maximum Gasteiger partial charge on any atom is 0.255 e. The molecule has 0 saturated carbocycles. The number of rotatable bonds is 5. The number of fused-ring (bicyclic) bond motifs is 1. The fourth-order valence-electron chi connectivity index (χ4n) is 4.06. The minimum atomic E-state index is -0.646. The van der Waals surface area contributed by atoms with Crippen molar-refractivity contribution in [3.05, 3.63) is 60.2 Å². The van der Waals surface area contributed by atoms with Crippen LogP contribution in [0.15, 0.2) is 43.0 Å². The molecule has 1 fully saturated rings. The minimum Gasteiger partial charge on any atom is -0.336 e. The largest absolute Gasteiger partial charge is 0.336 e. The molecule has 5 heterocycles. The van der Waals surface area contributed by atoms with Gasteiger partial charge in [0.2, 0.25) is 5.95 Å². The van der Waals surface area contributed by atoms with E-state index in [1.54, 1.807) is 23.2 Å². The van der Waals surface area contributed by atoms with Crippen molar-refractivity contribution in [3.8, 4) is 11.3 Å². The predicted octanol–water partition coefficient (Wildman–Crippen LogP) is 3.54. The van der Waals surface area contributed by atoms with Gasteiger partial charge in [-0.05, 0) is 32.0 Å². The van der Waals surface area contributed by atoms with E-state index in [0.29, 0.717) is 41.1 Å². The number of aromatic nitrogens is 5. The van der Waals surface area contributed by atoms with Crippen LogP contribution in [0.1, 0.15) is 30.2 Å². The number of pyridine rings is 2. The Kier molecular flexibility index (Phi) is 6.08. The summed E-state index contributed by atoms with van der Waals surface area (Å²) in [6.07, 6.45) is 5.39. The van der Waals surface area contributed by atoms with Gasteiger partial charge in [-0.2, -0.15) is 0 Å². The third kappa shape index (κ3) is 4.54. The lowest BCUT2D eigenvalue weighted by Crippen LogP contribution is -2.46. The smallest absolute Gasteiger partial charge is 0.255 e. The molecule has 1 aliphatic rings. The number of carbonyl (C=O) groups excluding carboxylic acids is 1. The van der Waals surface area contributed by atoms with Gasteiger partial charge < -0.3 is 20.1 Å². The fourth-order valence-corrected chi connectivity index (χ4v) is 4.06. The minimum absolute atomic E-state index is 0.0183. The lowest BCUT2D eigenvalue weighted by atomic mass is 10.1. The van der Waals surface area contributed by atoms with E-state index in [9.17, 15) is 13.6 Å². The standard InChI is InChI=1S/C24H24F2N8O/c1-14(2)34-13-18(17-9-16(25)11-29-22(17)34)21-19(26)12-30-24(32-21)31-20-4-3-15(10-28-20)23(35)33-7-5-27-6-8-33/h3-4,9-14,27H,5-8H2,1-2H3,(H,28,30,31,32). The summed E-state index contributed by atoms with van der Waals surface area (Å²) in [4.78, 5) is 31.2. The van der Waals surface area contributed by atoms with E-state index in [2.05, 4.69) is 30.6 Å². The first-order valence-electron chi connectivity index (χ1n) is 11.3. The number of hydrogen-bond acceptors (Lipinski definition) is 7. The van der Waals surface area contributed by atoms with E-state index in [-0.39, 0.29) is 23.6 Å². The zero-order chi connectivity index (χ0) is 24.5. The Labute approximate surface area is 200 Å². The third-order valence-corrected chi connectivity index (χ3v) is 5.85. The molecule has 0 atom stereocenters. The Morgan fingerprint density at radius 1 is 1.09 bits per heavy atom. The zero-order valence-electron chi connectivity index (χ0n) is 19.3. The zero-order valence-corrected chi connectivity index (χ0v) is 19.3. The molecule has 5 rings (SSSR count). The summed E-state index contributed by atoms with van der Waals surface area (Å²) in [6.45, 7) is 6.75. The molecule has 1 amide bonds. The molecule has 1 saturated heterocycles. The summed E-state index contributed by atoms with van der Waals surface area (Å²) in [5.41, 5.74) is 1.45. The Hall–Kier alpha value is -3.99. The topological polar surface area (TPSA) is 101 Å². The predicted molar refractivity (Wildman–Crippen MR) is 127 cm³/mol. The molecule has 35 heavy (non-hydrogen) atoms. The van der Waals surface area contributed by atoms with E-state index in [1.807, 2.05) is 18.4 Å². The van der Waals surface area contributed by atoms with Gasteiger partial charge in [0.1, 0.15) is 23.0 Å². The molecule has 0 radical (unpaired) electrons. The summed E-state index contributed by atoms with van der Waals surface area (Å²) in [5.74, 6) is -0.727. The van der Waals surface area contributed by atoms with E-state index in [1.165, 1.54) is 12.3 Å². The molecule has 0 bridgehead atoms. The summed E-state index contributed by atoms with van der Waals surface area (Å²) in [6, 6.07) is 4.67. The first-order valence-corrected chi connectivity index (χ1v) is 11.3. The quantitative estimate of drug-likeness (QED) is 0.453. The van der Waals surface area contributed by atoms with Crippen molar-refractivity contribution in [1.29, 1.82) is 0 Å². The maximum atomic E-state index is 14.8. The van der Waals surface area contributed by atoms with Crippen molar-refractivity contribution in [2.45, 2.75) is 19.9 Å². The number of halogens is 2. The summed E-state index contributed by atoms with van der Waals surface area (Å²) in [7, 11) is 0. The molecular weight excluding hydrogens is 454 g/mol. The van der Waals surface area contributed by atoms with Crippen LogP contribution in [0.2, 0.25) is 0 Å². The van der Waals surface area contributed by atoms with E-state index in [0.717, 1.165) is 25.5 Å². The molecule has 0 unspecified atom stereocenters. The van der Waals surface area contributed by atoms with Crippen molar-refractivity contribution in [2.75, 3.05) is 31.5 Å². The highest BCUT2D eigenvalue weighted by molar-refractivity contribution is 5.94. The van der Waals surface area contributed by atoms with Gasteiger partial charge in [-0.3, -0.25) is 4.79 Å². The van der Waals surface area contributed by atoms with Gasteiger partial charge in [0, 0.05) is 55.6 Å². The SMILES string of the molecule is CC(C)n1cc(-c2nc(Nc3ccc(C(=O)N4CCNCC4)cn3)ncc2F)c2cc(F)cnc21. The van der Waals surface area contributed by atoms with Gasteiger partial charge in [-0.1, -0.05) is 0 Å². The highest BCUT2D eigenvalue weighted by Gasteiger charge is 2.20. The molecule has 1 aliphatic heterocycles. The highest BCUT2D eigenvalue weighted by atomic mass is 19.1. The summed E-state index contributed by atoms with van der Waals surface area (Å²) in [5, 5.41) is 6.61. The second-order valence-electron chi connectivity index (χ2n) is 8.56. The normalized spacial score (nSPS) is 14.0. The van der Waals surface area contributed by atoms with Crippen molar-refractivity contribution in [1.82, 2.24) is 34.7 Å². The third-order valence-electron chi connectivity index (χ3n) is 5.85. The van der Waals surface area contributed by atoms with Gasteiger partial charge in [0.05, 0.1) is 18.0 Å². The number of anilines is 2. The van der Waals surface area contributed by atoms with Gasteiger partial charge >= 0.3 is 0 Å². The number of carbonyl (C=O) groups is 1. The molecule has 4 aromatic heterocycles. The Morgan fingerprint density at radius 3 is 2.60 bits per heavy atom. The second-order valence-corrected chi connectivity index (χ2v) is 8.56. The van der Waals surface area contributed by atoms with Gasteiger partial charge in [-0.15, -0.1) is 0 Å². The summed E-state index contributed by atoms with van der Waals surface area (Å²) >= 11 is 0. The Bertz CT molecular complexity index is 1380. The van der Waals surface area contributed by atoms with Crippen LogP contribution < -0.4 is 10.6 Å². The van der Waals surface area contributed by atoms with Crippen LogP contribution in [0.4, 0.5) is 20.5 Å². The van der Waals surface area contributed by atoms with Crippen molar-refractivity contribution >= 4 is 28.7 Å². The molecular formula is C24H24F2N8O. The van der Waals surface area contributed by atoms with Crippen LogP contribution in [0.3, 0.4) is 0 Å². The maximum absolute atomic E-state index is 14.8. The molecule has 4 aromatic rings. The molecule has 11 heteroatoms. The van der Waals surface area contributed by atoms with E-state index >= 15 is 0 Å². The van der Waals surface area contributed by atoms with Crippen LogP contribution >= 0.6 is 0 Å². The van der Waals surface area contributed by atoms with Crippen LogP contribution in [0.5, 0.6) is 0 Å². The number of amides is 1. The summed E-state index contributed by atoms with van der Waals surface area (Å²) < 4.78 is 30.6. The van der Waals surface area contributed by atoms with Crippen molar-refractivity contribution in [2.24, 2.45) is 0 Å². The molecule has 0 spiro atoms. The van der Waals surface area contributed by atoms with Crippen LogP contribution in [0.25, 0.3) is 22.3 Å². The van der Waals surface area contributed by atoms with E-state index in [4.69, 9.17) is 0 Å². The molecule has 2 N–H and O–H groups in total. The molecule has 180 valence electrons. The molecule has 0 aliphatic carbocycles. The molecule has 0 aromatic carbocycles. The first-order chi connectivity index (χ1) is 16.9.